The molecule has 0 N–H and O–H groups in total. The highest BCUT2D eigenvalue weighted by Crippen LogP contribution is 2.36. The Morgan fingerprint density at radius 1 is 1.23 bits per heavy atom. The maximum Gasteiger partial charge on any atom is 0.265 e. The maximum atomic E-state index is 13.6. The van der Waals surface area contributed by atoms with Crippen LogP contribution in [0.25, 0.3) is 5.65 Å². The summed E-state index contributed by atoms with van der Waals surface area (Å²) in [6.07, 6.45) is 5.69. The van der Waals surface area contributed by atoms with Gasteiger partial charge in [-0.15, -0.1) is 0 Å². The third-order valence-corrected chi connectivity index (χ3v) is 6.62. The van der Waals surface area contributed by atoms with Gasteiger partial charge in [0, 0.05) is 31.9 Å². The van der Waals surface area contributed by atoms with Crippen LogP contribution in [0.1, 0.15) is 41.4 Å². The Bertz CT molecular complexity index is 1320. The topological polar surface area (TPSA) is 100 Å². The molecule has 5 rings (SSSR count). The first-order chi connectivity index (χ1) is 16.8. The molecular formula is C24H25ClN6O4. The van der Waals surface area contributed by atoms with Gasteiger partial charge in [0.15, 0.2) is 12.3 Å². The van der Waals surface area contributed by atoms with Crippen molar-refractivity contribution in [3.63, 3.8) is 0 Å². The van der Waals surface area contributed by atoms with E-state index in [9.17, 15) is 14.4 Å². The average Bonchev–Trinajstić information content (AvgIpc) is 3.29. The molecule has 10 nitrogen and oxygen atoms in total. The van der Waals surface area contributed by atoms with E-state index in [4.69, 9.17) is 16.3 Å². The molecule has 4 heterocycles. The third kappa shape index (κ3) is 4.18. The summed E-state index contributed by atoms with van der Waals surface area (Å²) in [7, 11) is 3.35. The van der Waals surface area contributed by atoms with Gasteiger partial charge in [-0.1, -0.05) is 11.6 Å². The van der Waals surface area contributed by atoms with Crippen LogP contribution in [-0.4, -0.2) is 75.9 Å². The second-order valence-electron chi connectivity index (χ2n) is 8.84. The number of amides is 3. The van der Waals surface area contributed by atoms with E-state index in [0.29, 0.717) is 34.2 Å². The first-order valence-corrected chi connectivity index (χ1v) is 11.8. The van der Waals surface area contributed by atoms with E-state index in [2.05, 4.69) is 10.1 Å². The number of nitrogens with zero attached hydrogens (tertiary/aromatic N) is 6. The second-order valence-corrected chi connectivity index (χ2v) is 9.28. The fourth-order valence-corrected chi connectivity index (χ4v) is 4.83. The molecule has 2 aromatic heterocycles. The quantitative estimate of drug-likeness (QED) is 0.550. The van der Waals surface area contributed by atoms with Crippen molar-refractivity contribution < 1.29 is 19.1 Å². The molecule has 11 heteroatoms. The van der Waals surface area contributed by atoms with Gasteiger partial charge in [-0.2, -0.15) is 5.10 Å². The molecular weight excluding hydrogens is 472 g/mol. The fraction of sp³-hybridized carbons (Fsp3) is 0.375. The summed E-state index contributed by atoms with van der Waals surface area (Å²) < 4.78 is 7.14. The van der Waals surface area contributed by atoms with Crippen LogP contribution in [0.2, 0.25) is 5.02 Å². The van der Waals surface area contributed by atoms with Crippen molar-refractivity contribution in [2.45, 2.75) is 25.3 Å². The first kappa shape index (κ1) is 23.1. The number of hydrogen-bond donors (Lipinski definition) is 0. The molecule has 0 unspecified atom stereocenters. The molecule has 1 atom stereocenters. The zero-order valence-corrected chi connectivity index (χ0v) is 20.2. The fourth-order valence-electron chi connectivity index (χ4n) is 4.67. The van der Waals surface area contributed by atoms with Crippen molar-refractivity contribution in [2.24, 2.45) is 0 Å². The Kier molecular flexibility index (Phi) is 6.06. The predicted octanol–water partition coefficient (Wildman–Crippen LogP) is 2.56. The normalized spacial score (nSPS) is 17.8. The van der Waals surface area contributed by atoms with E-state index in [1.54, 1.807) is 47.9 Å². The van der Waals surface area contributed by atoms with Crippen molar-refractivity contribution in [1.82, 2.24) is 24.4 Å². The molecule has 0 saturated carbocycles. The summed E-state index contributed by atoms with van der Waals surface area (Å²) in [4.78, 5) is 47.9. The van der Waals surface area contributed by atoms with Crippen LogP contribution < -0.4 is 9.64 Å². The summed E-state index contributed by atoms with van der Waals surface area (Å²) in [6, 6.07) is 6.58. The van der Waals surface area contributed by atoms with Gasteiger partial charge in [-0.25, -0.2) is 9.50 Å². The Labute approximate surface area is 207 Å². The highest BCUT2D eigenvalue weighted by atomic mass is 35.5. The lowest BCUT2D eigenvalue weighted by atomic mass is 9.98. The lowest BCUT2D eigenvalue weighted by Crippen LogP contribution is -2.48. The van der Waals surface area contributed by atoms with Crippen LogP contribution in [0, 0.1) is 0 Å². The lowest BCUT2D eigenvalue weighted by molar-refractivity contribution is -0.135. The predicted molar refractivity (Wildman–Crippen MR) is 129 cm³/mol. The number of benzene rings is 1. The van der Waals surface area contributed by atoms with Crippen molar-refractivity contribution in [1.29, 1.82) is 0 Å². The molecule has 0 radical (unpaired) electrons. The van der Waals surface area contributed by atoms with Crippen LogP contribution in [0.4, 0.5) is 5.69 Å². The van der Waals surface area contributed by atoms with Crippen molar-refractivity contribution in [3.05, 3.63) is 52.9 Å². The van der Waals surface area contributed by atoms with E-state index in [0.717, 1.165) is 25.0 Å². The molecule has 3 aromatic rings. The number of halogens is 1. The molecule has 35 heavy (non-hydrogen) atoms. The molecule has 182 valence electrons. The summed E-state index contributed by atoms with van der Waals surface area (Å²) in [6.45, 7) is 0.301. The molecule has 1 aromatic carbocycles. The SMILES string of the molecule is CN(C)C(=O)c1cnn2c([C@@H]3CCCCN3C(=O)CN3C(=O)COc4ccc(Cl)cc43)ccnc12. The van der Waals surface area contributed by atoms with E-state index < -0.39 is 0 Å². The molecule has 2 aliphatic rings. The Morgan fingerprint density at radius 3 is 2.86 bits per heavy atom. The van der Waals surface area contributed by atoms with Crippen molar-refractivity contribution in [2.75, 3.05) is 38.7 Å². The highest BCUT2D eigenvalue weighted by molar-refractivity contribution is 6.31. The number of aromatic nitrogens is 3. The molecule has 0 aliphatic carbocycles. The zero-order valence-electron chi connectivity index (χ0n) is 19.5. The van der Waals surface area contributed by atoms with Crippen LogP contribution >= 0.6 is 11.6 Å². The summed E-state index contributed by atoms with van der Waals surface area (Å²) in [5, 5.41) is 4.89. The number of carbonyl (C=O) groups is 3. The Hall–Kier alpha value is -3.66. The molecule has 1 fully saturated rings. The van der Waals surface area contributed by atoms with E-state index >= 15 is 0 Å². The van der Waals surface area contributed by atoms with Crippen LogP contribution in [0.15, 0.2) is 36.7 Å². The average molecular weight is 497 g/mol. The van der Waals surface area contributed by atoms with Crippen molar-refractivity contribution >= 4 is 40.7 Å². The van der Waals surface area contributed by atoms with Gasteiger partial charge in [0.25, 0.3) is 11.8 Å². The highest BCUT2D eigenvalue weighted by Gasteiger charge is 2.34. The van der Waals surface area contributed by atoms with Crippen molar-refractivity contribution in [3.8, 4) is 5.75 Å². The van der Waals surface area contributed by atoms with Gasteiger partial charge >= 0.3 is 0 Å². The summed E-state index contributed by atoms with van der Waals surface area (Å²) in [5.41, 5.74) is 2.11. The minimum absolute atomic E-state index is 0.121. The molecule has 0 bridgehead atoms. The Morgan fingerprint density at radius 2 is 2.06 bits per heavy atom. The minimum atomic E-state index is -0.299. The number of anilines is 1. The van der Waals surface area contributed by atoms with Gasteiger partial charge in [0.05, 0.1) is 23.6 Å². The van der Waals surface area contributed by atoms with Gasteiger partial charge < -0.3 is 14.5 Å². The smallest absolute Gasteiger partial charge is 0.265 e. The zero-order chi connectivity index (χ0) is 24.7. The van der Waals surface area contributed by atoms with E-state index in [1.165, 1.54) is 16.0 Å². The molecule has 3 amide bonds. The number of likely N-dealkylation sites (tertiary alicyclic amines) is 1. The molecule has 0 spiro atoms. The third-order valence-electron chi connectivity index (χ3n) is 6.39. The monoisotopic (exact) mass is 496 g/mol. The number of carbonyl (C=O) groups excluding carboxylic acids is 3. The van der Waals surface area contributed by atoms with Crippen LogP contribution in [0.3, 0.4) is 0 Å². The molecule has 2 aliphatic heterocycles. The first-order valence-electron chi connectivity index (χ1n) is 11.4. The minimum Gasteiger partial charge on any atom is -0.482 e. The summed E-state index contributed by atoms with van der Waals surface area (Å²) in [5.74, 6) is -0.156. The van der Waals surface area contributed by atoms with Gasteiger partial charge in [-0.05, 0) is 43.5 Å². The van der Waals surface area contributed by atoms with E-state index in [1.807, 2.05) is 6.07 Å². The lowest BCUT2D eigenvalue weighted by Gasteiger charge is -2.38. The summed E-state index contributed by atoms with van der Waals surface area (Å²) >= 11 is 6.15. The molecule has 1 saturated heterocycles. The number of rotatable bonds is 4. The number of piperidine rings is 1. The van der Waals surface area contributed by atoms with Gasteiger partial charge in [-0.3, -0.25) is 19.3 Å². The maximum absolute atomic E-state index is 13.6. The second kappa shape index (κ2) is 9.18. The largest absolute Gasteiger partial charge is 0.482 e. The number of fused-ring (bicyclic) bond motifs is 2. The van der Waals surface area contributed by atoms with E-state index in [-0.39, 0.29) is 36.9 Å². The number of ether oxygens (including phenoxy) is 1. The van der Waals surface area contributed by atoms with Gasteiger partial charge in [0.1, 0.15) is 17.9 Å². The Balaban J connectivity index is 1.46. The standard InChI is InChI=1S/C24H25ClN6O4/c1-28(2)24(34)16-12-27-31-18(8-9-26-23(16)31)17-5-3-4-10-29(17)21(32)13-30-19-11-15(25)6-7-20(19)35-14-22(30)33/h6-9,11-12,17H,3-5,10,13-14H2,1-2H3/t17-/m0/s1. The van der Waals surface area contributed by atoms with Gasteiger partial charge in [0.2, 0.25) is 5.91 Å². The van der Waals surface area contributed by atoms with Crippen LogP contribution in [-0.2, 0) is 9.59 Å². The number of hydrogen-bond acceptors (Lipinski definition) is 6. The van der Waals surface area contributed by atoms with Crippen LogP contribution in [0.5, 0.6) is 5.75 Å².